The van der Waals surface area contributed by atoms with E-state index in [-0.39, 0.29) is 17.7 Å². The number of aryl methyl sites for hydroxylation is 1. The molecule has 0 spiro atoms. The van der Waals surface area contributed by atoms with E-state index in [1.807, 2.05) is 25.9 Å². The first-order valence-corrected chi connectivity index (χ1v) is 5.99. The molecule has 0 aliphatic carbocycles. The summed E-state index contributed by atoms with van der Waals surface area (Å²) in [5, 5.41) is 0. The number of aromatic nitrogens is 1. The minimum absolute atomic E-state index is 0.0983. The number of hydrogen-bond donors (Lipinski definition) is 0. The second kappa shape index (κ2) is 6.35. The Morgan fingerprint density at radius 1 is 1.39 bits per heavy atom. The molecule has 0 N–H and O–H groups in total. The van der Waals surface area contributed by atoms with E-state index in [0.29, 0.717) is 6.54 Å². The van der Waals surface area contributed by atoms with Gasteiger partial charge in [-0.15, -0.1) is 0 Å². The average molecular weight is 252 g/mol. The van der Waals surface area contributed by atoms with E-state index in [0.717, 1.165) is 12.2 Å². The van der Waals surface area contributed by atoms with Gasteiger partial charge in [0.25, 0.3) is 5.56 Å². The molecule has 100 valence electrons. The highest BCUT2D eigenvalue weighted by atomic mass is 16.5. The van der Waals surface area contributed by atoms with Crippen LogP contribution in [0.4, 0.5) is 0 Å². The summed E-state index contributed by atoms with van der Waals surface area (Å²) < 4.78 is 6.47. The van der Waals surface area contributed by atoms with Gasteiger partial charge in [0, 0.05) is 18.8 Å². The quantitative estimate of drug-likeness (QED) is 0.730. The molecule has 0 aliphatic heterocycles. The Labute approximate surface area is 107 Å². The van der Waals surface area contributed by atoms with Crippen LogP contribution in [-0.2, 0) is 11.3 Å². The number of nitrogens with zero attached hydrogens (tertiary/aromatic N) is 2. The molecule has 1 heterocycles. The number of rotatable bonds is 5. The third-order valence-electron chi connectivity index (χ3n) is 2.66. The van der Waals surface area contributed by atoms with Crippen molar-refractivity contribution in [2.45, 2.75) is 20.4 Å². The molecule has 0 fully saturated rings. The first-order valence-electron chi connectivity index (χ1n) is 5.99. The smallest absolute Gasteiger partial charge is 0.343 e. The van der Waals surface area contributed by atoms with Crippen molar-refractivity contribution >= 4 is 5.97 Å². The summed E-state index contributed by atoms with van der Waals surface area (Å²) >= 11 is 0. The zero-order valence-electron chi connectivity index (χ0n) is 11.4. The highest BCUT2D eigenvalue weighted by Gasteiger charge is 2.14. The van der Waals surface area contributed by atoms with Gasteiger partial charge in [0.1, 0.15) is 5.56 Å². The Morgan fingerprint density at radius 2 is 2.06 bits per heavy atom. The third-order valence-corrected chi connectivity index (χ3v) is 2.66. The van der Waals surface area contributed by atoms with Gasteiger partial charge in [0.05, 0.1) is 6.61 Å². The highest BCUT2D eigenvalue weighted by Crippen LogP contribution is 2.01. The van der Waals surface area contributed by atoms with Crippen molar-refractivity contribution in [1.82, 2.24) is 9.47 Å². The largest absolute Gasteiger partial charge is 0.462 e. The highest BCUT2D eigenvalue weighted by molar-refractivity contribution is 5.88. The van der Waals surface area contributed by atoms with Crippen molar-refractivity contribution in [3.8, 4) is 0 Å². The van der Waals surface area contributed by atoms with Crippen LogP contribution >= 0.6 is 0 Å². The summed E-state index contributed by atoms with van der Waals surface area (Å²) in [5.74, 6) is -0.555. The summed E-state index contributed by atoms with van der Waals surface area (Å²) in [5.41, 5.74) is 0.659. The lowest BCUT2D eigenvalue weighted by molar-refractivity contribution is 0.0523. The SMILES string of the molecule is CCOC(=O)c1ccc(C)n(CCN(C)C)c1=O. The van der Waals surface area contributed by atoms with E-state index >= 15 is 0 Å². The van der Waals surface area contributed by atoms with Gasteiger partial charge >= 0.3 is 5.97 Å². The summed E-state index contributed by atoms with van der Waals surface area (Å²) in [6, 6.07) is 3.30. The number of pyridine rings is 1. The van der Waals surface area contributed by atoms with Crippen LogP contribution in [0.25, 0.3) is 0 Å². The number of carbonyl (C=O) groups is 1. The van der Waals surface area contributed by atoms with Gasteiger partial charge in [-0.2, -0.15) is 0 Å². The Bertz CT molecular complexity index is 478. The Morgan fingerprint density at radius 3 is 2.61 bits per heavy atom. The molecule has 1 rings (SSSR count). The molecule has 1 aromatic heterocycles. The van der Waals surface area contributed by atoms with Gasteiger partial charge in [0.2, 0.25) is 0 Å². The molecule has 0 amide bonds. The first kappa shape index (κ1) is 14.4. The Balaban J connectivity index is 3.07. The van der Waals surface area contributed by atoms with Crippen LogP contribution in [0.3, 0.4) is 0 Å². The van der Waals surface area contributed by atoms with Crippen molar-refractivity contribution < 1.29 is 9.53 Å². The van der Waals surface area contributed by atoms with E-state index in [4.69, 9.17) is 4.74 Å². The van der Waals surface area contributed by atoms with E-state index in [1.54, 1.807) is 17.6 Å². The van der Waals surface area contributed by atoms with Gasteiger partial charge in [-0.05, 0) is 40.1 Å². The standard InChI is InChI=1S/C13H20N2O3/c1-5-18-13(17)11-7-6-10(2)15(12(11)16)9-8-14(3)4/h6-7H,5,8-9H2,1-4H3. The molecule has 0 saturated carbocycles. The molecule has 0 bridgehead atoms. The maximum absolute atomic E-state index is 12.2. The van der Waals surface area contributed by atoms with Crippen LogP contribution in [0, 0.1) is 6.92 Å². The fourth-order valence-corrected chi connectivity index (χ4v) is 1.61. The van der Waals surface area contributed by atoms with Crippen LogP contribution in [-0.4, -0.2) is 42.7 Å². The number of ether oxygens (including phenoxy) is 1. The fraction of sp³-hybridized carbons (Fsp3) is 0.538. The molecular weight excluding hydrogens is 232 g/mol. The molecular formula is C13H20N2O3. The minimum atomic E-state index is -0.555. The molecule has 0 aromatic carbocycles. The van der Waals surface area contributed by atoms with Gasteiger partial charge in [-0.3, -0.25) is 4.79 Å². The summed E-state index contributed by atoms with van der Waals surface area (Å²) in [7, 11) is 3.88. The number of carbonyl (C=O) groups excluding carboxylic acids is 1. The number of likely N-dealkylation sites (N-methyl/N-ethyl adjacent to an activating group) is 1. The summed E-state index contributed by atoms with van der Waals surface area (Å²) in [4.78, 5) is 25.8. The second-order valence-electron chi connectivity index (χ2n) is 4.37. The van der Waals surface area contributed by atoms with Crippen molar-refractivity contribution in [3.63, 3.8) is 0 Å². The van der Waals surface area contributed by atoms with Crippen molar-refractivity contribution in [2.24, 2.45) is 0 Å². The summed E-state index contributed by atoms with van der Waals surface area (Å²) in [6.07, 6.45) is 0. The van der Waals surface area contributed by atoms with Gasteiger partial charge in [-0.25, -0.2) is 4.79 Å². The van der Waals surface area contributed by atoms with Gasteiger partial charge in [0.15, 0.2) is 0 Å². The lowest BCUT2D eigenvalue weighted by Gasteiger charge is -2.14. The maximum atomic E-state index is 12.2. The molecule has 0 atom stereocenters. The summed E-state index contributed by atoms with van der Waals surface area (Å²) in [6.45, 7) is 5.14. The average Bonchev–Trinajstić information content (AvgIpc) is 2.28. The Kier molecular flexibility index (Phi) is 5.09. The molecule has 0 radical (unpaired) electrons. The third kappa shape index (κ3) is 3.43. The zero-order valence-corrected chi connectivity index (χ0v) is 11.4. The molecule has 5 heteroatoms. The van der Waals surface area contributed by atoms with Crippen LogP contribution < -0.4 is 5.56 Å². The van der Waals surface area contributed by atoms with Crippen LogP contribution in [0.1, 0.15) is 23.0 Å². The monoisotopic (exact) mass is 252 g/mol. The maximum Gasteiger partial charge on any atom is 0.343 e. The fourth-order valence-electron chi connectivity index (χ4n) is 1.61. The van der Waals surface area contributed by atoms with Crippen LogP contribution in [0.15, 0.2) is 16.9 Å². The predicted molar refractivity (Wildman–Crippen MR) is 69.9 cm³/mol. The molecule has 1 aromatic rings. The predicted octanol–water partition coefficient (Wildman–Crippen LogP) is 0.895. The van der Waals surface area contributed by atoms with E-state index in [1.165, 1.54) is 6.07 Å². The lowest BCUT2D eigenvalue weighted by atomic mass is 10.2. The molecule has 0 aliphatic rings. The molecule has 0 unspecified atom stereocenters. The minimum Gasteiger partial charge on any atom is -0.462 e. The van der Waals surface area contributed by atoms with E-state index < -0.39 is 5.97 Å². The normalized spacial score (nSPS) is 10.7. The second-order valence-corrected chi connectivity index (χ2v) is 4.37. The van der Waals surface area contributed by atoms with E-state index in [2.05, 4.69) is 0 Å². The van der Waals surface area contributed by atoms with Crippen molar-refractivity contribution in [3.05, 3.63) is 33.7 Å². The van der Waals surface area contributed by atoms with Crippen LogP contribution in [0.2, 0.25) is 0 Å². The Hall–Kier alpha value is -1.62. The lowest BCUT2D eigenvalue weighted by Crippen LogP contribution is -2.32. The molecule has 18 heavy (non-hydrogen) atoms. The van der Waals surface area contributed by atoms with Crippen LogP contribution in [0.5, 0.6) is 0 Å². The topological polar surface area (TPSA) is 51.5 Å². The molecule has 5 nitrogen and oxygen atoms in total. The van der Waals surface area contributed by atoms with Crippen molar-refractivity contribution in [2.75, 3.05) is 27.2 Å². The number of esters is 1. The zero-order chi connectivity index (χ0) is 13.7. The first-order chi connectivity index (χ1) is 8.47. The van der Waals surface area contributed by atoms with Crippen molar-refractivity contribution in [1.29, 1.82) is 0 Å². The van der Waals surface area contributed by atoms with Gasteiger partial charge < -0.3 is 14.2 Å². The van der Waals surface area contributed by atoms with Gasteiger partial charge in [-0.1, -0.05) is 0 Å². The van der Waals surface area contributed by atoms with E-state index in [9.17, 15) is 9.59 Å². The molecule has 0 saturated heterocycles. The number of hydrogen-bond acceptors (Lipinski definition) is 4.